The average molecular weight is 1520 g/mol. The molecule has 0 aliphatic heterocycles. The Hall–Kier alpha value is -2.46. The summed E-state index contributed by atoms with van der Waals surface area (Å²) in [5, 5.41) is 10.7. The summed E-state index contributed by atoms with van der Waals surface area (Å²) in [7, 11) is -9.94. The molecule has 0 bridgehead atoms. The first-order valence-electron chi connectivity index (χ1n) is 43.5. The van der Waals surface area contributed by atoms with Gasteiger partial charge >= 0.3 is 39.5 Å². The van der Waals surface area contributed by atoms with E-state index in [0.29, 0.717) is 25.7 Å². The van der Waals surface area contributed by atoms with Crippen molar-refractivity contribution in [1.82, 2.24) is 0 Å². The molecule has 2 unspecified atom stereocenters. The number of aliphatic hydroxyl groups is 1. The molecule has 17 nitrogen and oxygen atoms in total. The van der Waals surface area contributed by atoms with Crippen LogP contribution >= 0.6 is 15.6 Å². The molecule has 0 aromatic carbocycles. The van der Waals surface area contributed by atoms with E-state index in [1.807, 2.05) is 0 Å². The van der Waals surface area contributed by atoms with Crippen LogP contribution in [0, 0.1) is 5.92 Å². The van der Waals surface area contributed by atoms with Crippen LogP contribution in [-0.4, -0.2) is 96.7 Å². The van der Waals surface area contributed by atoms with E-state index in [-0.39, 0.29) is 25.7 Å². The number of carbonyl (C=O) groups is 4. The number of hydrogen-bond acceptors (Lipinski definition) is 15. The number of esters is 4. The molecular weight excluding hydrogens is 1350 g/mol. The van der Waals surface area contributed by atoms with Crippen molar-refractivity contribution in [3.63, 3.8) is 0 Å². The highest BCUT2D eigenvalue weighted by Crippen LogP contribution is 2.45. The predicted molar refractivity (Wildman–Crippen MR) is 428 cm³/mol. The van der Waals surface area contributed by atoms with E-state index in [9.17, 15) is 43.2 Å². The van der Waals surface area contributed by atoms with Crippen molar-refractivity contribution in [1.29, 1.82) is 0 Å². The third kappa shape index (κ3) is 77.7. The molecule has 3 N–H and O–H groups in total. The Kier molecular flexibility index (Phi) is 75.4. The van der Waals surface area contributed by atoms with Crippen LogP contribution in [0.15, 0.2) is 24.3 Å². The zero-order valence-corrected chi connectivity index (χ0v) is 69.4. The predicted octanol–water partition coefficient (Wildman–Crippen LogP) is 25.5. The Bertz CT molecular complexity index is 2070. The van der Waals surface area contributed by atoms with Gasteiger partial charge in [0.25, 0.3) is 0 Å². The Morgan fingerprint density at radius 2 is 0.519 bits per heavy atom. The highest BCUT2D eigenvalue weighted by atomic mass is 31.2. The summed E-state index contributed by atoms with van der Waals surface area (Å²) < 4.78 is 68.8. The second-order valence-corrected chi connectivity index (χ2v) is 33.3. The molecule has 0 rings (SSSR count). The van der Waals surface area contributed by atoms with Crippen molar-refractivity contribution in [3.05, 3.63) is 24.3 Å². The van der Waals surface area contributed by atoms with Crippen molar-refractivity contribution >= 4 is 39.5 Å². The minimum atomic E-state index is -4.97. The number of aliphatic hydroxyl groups excluding tert-OH is 1. The summed E-state index contributed by atoms with van der Waals surface area (Å²) >= 11 is 0. The summed E-state index contributed by atoms with van der Waals surface area (Å²) in [6.07, 6.45) is 73.1. The Balaban J connectivity index is 5.26. The van der Waals surface area contributed by atoms with Crippen LogP contribution < -0.4 is 0 Å². The second kappa shape index (κ2) is 77.3. The second-order valence-electron chi connectivity index (χ2n) is 30.4. The minimum absolute atomic E-state index is 0.0850. The third-order valence-corrected chi connectivity index (χ3v) is 21.3. The lowest BCUT2D eigenvalue weighted by molar-refractivity contribution is -0.161. The van der Waals surface area contributed by atoms with Gasteiger partial charge < -0.3 is 33.8 Å². The topological polar surface area (TPSA) is 237 Å². The molecule has 0 amide bonds. The molecule has 0 heterocycles. The molecule has 0 aliphatic rings. The van der Waals surface area contributed by atoms with Crippen molar-refractivity contribution < 1.29 is 80.2 Å². The van der Waals surface area contributed by atoms with Crippen LogP contribution in [0.4, 0.5) is 0 Å². The summed E-state index contributed by atoms with van der Waals surface area (Å²) in [6.45, 7) is 7.25. The van der Waals surface area contributed by atoms with Crippen LogP contribution in [0.5, 0.6) is 0 Å². The maximum absolute atomic E-state index is 13.1. The van der Waals surface area contributed by atoms with Gasteiger partial charge in [0.15, 0.2) is 12.2 Å². The van der Waals surface area contributed by atoms with Crippen molar-refractivity contribution in [2.45, 2.75) is 451 Å². The molecule has 0 radical (unpaired) electrons. The van der Waals surface area contributed by atoms with Gasteiger partial charge in [0.2, 0.25) is 0 Å². The summed E-state index contributed by atoms with van der Waals surface area (Å²) in [4.78, 5) is 73.1. The first-order valence-corrected chi connectivity index (χ1v) is 46.4. The van der Waals surface area contributed by atoms with E-state index in [1.165, 1.54) is 244 Å². The number of allylic oxidation sites excluding steroid dienone is 4. The number of rotatable bonds is 83. The minimum Gasteiger partial charge on any atom is -0.462 e. The molecule has 0 spiro atoms. The van der Waals surface area contributed by atoms with Gasteiger partial charge in [-0.25, -0.2) is 9.13 Å². The van der Waals surface area contributed by atoms with Gasteiger partial charge in [0.1, 0.15) is 19.3 Å². The lowest BCUT2D eigenvalue weighted by Gasteiger charge is -2.21. The number of phosphoric acid groups is 2. The molecule has 104 heavy (non-hydrogen) atoms. The zero-order chi connectivity index (χ0) is 76.2. The van der Waals surface area contributed by atoms with E-state index >= 15 is 0 Å². The Morgan fingerprint density at radius 1 is 0.298 bits per heavy atom. The maximum atomic E-state index is 13.1. The highest BCUT2D eigenvalue weighted by molar-refractivity contribution is 7.47. The summed E-state index contributed by atoms with van der Waals surface area (Å²) in [6, 6.07) is 0. The highest BCUT2D eigenvalue weighted by Gasteiger charge is 2.30. The molecule has 0 fully saturated rings. The molecule has 19 heteroatoms. The smallest absolute Gasteiger partial charge is 0.462 e. The number of unbranched alkanes of at least 4 members (excludes halogenated alkanes) is 52. The zero-order valence-electron chi connectivity index (χ0n) is 67.7. The van der Waals surface area contributed by atoms with Crippen molar-refractivity contribution in [2.24, 2.45) is 5.92 Å². The first kappa shape index (κ1) is 102. The van der Waals surface area contributed by atoms with Gasteiger partial charge in [0.05, 0.1) is 26.4 Å². The number of hydrogen-bond donors (Lipinski definition) is 3. The summed E-state index contributed by atoms with van der Waals surface area (Å²) in [5.74, 6) is -1.41. The fraction of sp³-hybridized carbons (Fsp3) is 0.906. The number of phosphoric ester groups is 2. The molecule has 0 aromatic heterocycles. The molecule has 0 aromatic rings. The normalized spacial score (nSPS) is 13.9. The van der Waals surface area contributed by atoms with Crippen LogP contribution in [-0.2, 0) is 65.4 Å². The summed E-state index contributed by atoms with van der Waals surface area (Å²) in [5.41, 5.74) is 0. The fourth-order valence-electron chi connectivity index (χ4n) is 12.8. The van der Waals surface area contributed by atoms with E-state index < -0.39 is 97.5 Å². The molecule has 614 valence electrons. The molecule has 0 aliphatic carbocycles. The largest absolute Gasteiger partial charge is 0.472 e. The Morgan fingerprint density at radius 3 is 0.788 bits per heavy atom. The number of ether oxygens (including phenoxy) is 4. The SMILES string of the molecule is CCCCCC/C=C\C=C/CCCCCCCC(=O)O[C@H](COC(=O)CCCCCCCCCCC(C)C)COP(=O)(O)OC[C@H](O)COP(=O)(O)OC[C@@H](COC(=O)CCCCCCCCCCCCCCCCCCC)OC(=O)CCCCCCCCCCCCCCCCCCCCCCC. The van der Waals surface area contributed by atoms with Crippen LogP contribution in [0.3, 0.4) is 0 Å². The Labute approximate surface area is 637 Å². The van der Waals surface area contributed by atoms with Crippen LogP contribution in [0.1, 0.15) is 433 Å². The monoisotopic (exact) mass is 1520 g/mol. The fourth-order valence-corrected chi connectivity index (χ4v) is 14.3. The van der Waals surface area contributed by atoms with Crippen molar-refractivity contribution in [3.8, 4) is 0 Å². The first-order chi connectivity index (χ1) is 50.5. The number of carbonyl (C=O) groups excluding carboxylic acids is 4. The van der Waals surface area contributed by atoms with Crippen LogP contribution in [0.25, 0.3) is 0 Å². The quantitative estimate of drug-likeness (QED) is 0.0169. The van der Waals surface area contributed by atoms with Gasteiger partial charge in [-0.15, -0.1) is 0 Å². The lowest BCUT2D eigenvalue weighted by Crippen LogP contribution is -2.30. The molecule has 0 saturated heterocycles. The van der Waals surface area contributed by atoms with E-state index in [2.05, 4.69) is 58.9 Å². The molecule has 0 saturated carbocycles. The lowest BCUT2D eigenvalue weighted by atomic mass is 10.0. The van der Waals surface area contributed by atoms with E-state index in [0.717, 1.165) is 109 Å². The molecular formula is C85H162O17P2. The van der Waals surface area contributed by atoms with Gasteiger partial charge in [-0.1, -0.05) is 380 Å². The molecule has 5 atom stereocenters. The van der Waals surface area contributed by atoms with Gasteiger partial charge in [0, 0.05) is 25.7 Å². The van der Waals surface area contributed by atoms with Crippen LogP contribution in [0.2, 0.25) is 0 Å². The maximum Gasteiger partial charge on any atom is 0.472 e. The van der Waals surface area contributed by atoms with E-state index in [1.54, 1.807) is 0 Å². The van der Waals surface area contributed by atoms with Gasteiger partial charge in [-0.2, -0.15) is 0 Å². The van der Waals surface area contributed by atoms with Gasteiger partial charge in [-0.05, 0) is 57.3 Å². The van der Waals surface area contributed by atoms with Crippen molar-refractivity contribution in [2.75, 3.05) is 39.6 Å². The standard InChI is InChI=1S/C85H162O17P2/c1-6-9-12-15-18-21-24-27-30-32-33-34-35-37-40-43-46-49-56-61-66-71-84(89)101-80(74-95-82(87)68-63-58-53-47-44-41-39-36-31-28-25-22-19-16-13-10-7-2)76-99-103(91,92)97-72-79(86)73-98-104(93,94)100-77-81(75-96-83(88)69-64-59-54-51-50-52-57-62-67-78(4)5)102-85(90)70-65-60-55-48-45-42-38-29-26-23-20-17-14-11-8-3/h23,26,29,38,78-81,86H,6-22,24-25,27-28,30-37,39-77H2,1-5H3,(H,91,92)(H,93,94)/b26-23-,38-29-/t79-,80-,81-/m1/s1. The van der Waals surface area contributed by atoms with E-state index in [4.69, 9.17) is 37.0 Å². The average Bonchev–Trinajstić information content (AvgIpc) is 0.922. The third-order valence-electron chi connectivity index (χ3n) is 19.4. The van der Waals surface area contributed by atoms with Gasteiger partial charge in [-0.3, -0.25) is 37.3 Å².